The molecule has 30 heavy (non-hydrogen) atoms. The minimum Gasteiger partial charge on any atom is -0.355 e. The monoisotopic (exact) mass is 399 g/mol. The maximum absolute atomic E-state index is 12.3. The van der Waals surface area contributed by atoms with E-state index in [4.69, 9.17) is 0 Å². The molecule has 3 aromatic rings. The summed E-state index contributed by atoms with van der Waals surface area (Å²) in [4.78, 5) is 16.6. The minimum atomic E-state index is -0.0213. The number of anilines is 2. The van der Waals surface area contributed by atoms with Crippen LogP contribution in [0, 0.1) is 12.8 Å². The van der Waals surface area contributed by atoms with Crippen LogP contribution in [0.3, 0.4) is 0 Å². The first-order chi connectivity index (χ1) is 14.5. The Morgan fingerprint density at radius 3 is 2.63 bits per heavy atom. The van der Waals surface area contributed by atoms with Crippen molar-refractivity contribution in [2.24, 2.45) is 5.92 Å². The molecule has 0 bridgehead atoms. The molecule has 0 saturated heterocycles. The van der Waals surface area contributed by atoms with Crippen molar-refractivity contribution in [1.82, 2.24) is 10.3 Å². The number of benzene rings is 2. The Balaban J connectivity index is 1.66. The van der Waals surface area contributed by atoms with Gasteiger partial charge in [0, 0.05) is 29.7 Å². The number of nitrogens with one attached hydrogen (secondary N) is 2. The van der Waals surface area contributed by atoms with Crippen molar-refractivity contribution >= 4 is 29.4 Å². The van der Waals surface area contributed by atoms with E-state index in [-0.39, 0.29) is 5.91 Å². The number of nitrogens with zero attached hydrogens (tertiary/aromatic N) is 1. The molecule has 0 unspecified atom stereocenters. The number of hydrogen-bond acceptors (Lipinski definition) is 3. The highest BCUT2D eigenvalue weighted by Gasteiger charge is 2.08. The Kier molecular flexibility index (Phi) is 7.39. The average molecular weight is 400 g/mol. The van der Waals surface area contributed by atoms with Crippen LogP contribution in [0.15, 0.2) is 66.9 Å². The van der Waals surface area contributed by atoms with Crippen molar-refractivity contribution < 1.29 is 4.79 Å². The molecule has 4 heteroatoms. The van der Waals surface area contributed by atoms with Gasteiger partial charge in [-0.15, -0.1) is 0 Å². The molecule has 0 spiro atoms. The SMILES string of the molecule is Cc1cc(C(=O)NCCC(C)C)ccc1Nc1cccc(/C=C/c2ccccn2)c1. The van der Waals surface area contributed by atoms with Crippen LogP contribution < -0.4 is 10.6 Å². The van der Waals surface area contributed by atoms with Crippen LogP contribution in [0.2, 0.25) is 0 Å². The van der Waals surface area contributed by atoms with Gasteiger partial charge in [-0.3, -0.25) is 9.78 Å². The molecule has 0 aliphatic rings. The van der Waals surface area contributed by atoms with Gasteiger partial charge in [-0.2, -0.15) is 0 Å². The fourth-order valence-corrected chi connectivity index (χ4v) is 3.05. The van der Waals surface area contributed by atoms with Gasteiger partial charge in [0.25, 0.3) is 5.91 Å². The van der Waals surface area contributed by atoms with Crippen LogP contribution in [0.4, 0.5) is 11.4 Å². The lowest BCUT2D eigenvalue weighted by molar-refractivity contribution is 0.0952. The molecular formula is C26H29N3O. The van der Waals surface area contributed by atoms with Gasteiger partial charge in [0.05, 0.1) is 5.69 Å². The van der Waals surface area contributed by atoms with Gasteiger partial charge in [0.1, 0.15) is 0 Å². The number of amides is 1. The zero-order chi connectivity index (χ0) is 21.3. The molecule has 4 nitrogen and oxygen atoms in total. The topological polar surface area (TPSA) is 54.0 Å². The number of aryl methyl sites for hydroxylation is 1. The number of carbonyl (C=O) groups excluding carboxylic acids is 1. The van der Waals surface area contributed by atoms with E-state index in [1.807, 2.05) is 67.6 Å². The highest BCUT2D eigenvalue weighted by Crippen LogP contribution is 2.23. The first-order valence-electron chi connectivity index (χ1n) is 10.4. The fourth-order valence-electron chi connectivity index (χ4n) is 3.05. The van der Waals surface area contributed by atoms with Crippen LogP contribution in [0.5, 0.6) is 0 Å². The third kappa shape index (κ3) is 6.31. The molecule has 0 radical (unpaired) electrons. The molecule has 0 saturated carbocycles. The molecule has 0 atom stereocenters. The molecule has 0 aliphatic heterocycles. The molecule has 3 rings (SSSR count). The van der Waals surface area contributed by atoms with Gasteiger partial charge in [-0.05, 0) is 78.9 Å². The molecule has 2 N–H and O–H groups in total. The fraction of sp³-hybridized carbons (Fsp3) is 0.231. The Bertz CT molecular complexity index is 1010. The molecule has 1 aromatic heterocycles. The van der Waals surface area contributed by atoms with E-state index < -0.39 is 0 Å². The minimum absolute atomic E-state index is 0.0213. The van der Waals surface area contributed by atoms with Crippen molar-refractivity contribution in [3.63, 3.8) is 0 Å². The molecule has 2 aromatic carbocycles. The molecule has 1 amide bonds. The average Bonchev–Trinajstić information content (AvgIpc) is 2.74. The first-order valence-corrected chi connectivity index (χ1v) is 10.4. The summed E-state index contributed by atoms with van der Waals surface area (Å²) in [5.41, 5.74) is 5.71. The van der Waals surface area contributed by atoms with E-state index in [1.54, 1.807) is 6.20 Å². The van der Waals surface area contributed by atoms with E-state index in [2.05, 4.69) is 41.6 Å². The van der Waals surface area contributed by atoms with Gasteiger partial charge in [-0.25, -0.2) is 0 Å². The predicted octanol–water partition coefficient (Wildman–Crippen LogP) is 6.08. The highest BCUT2D eigenvalue weighted by atomic mass is 16.1. The van der Waals surface area contributed by atoms with Gasteiger partial charge < -0.3 is 10.6 Å². The lowest BCUT2D eigenvalue weighted by Gasteiger charge is -2.12. The summed E-state index contributed by atoms with van der Waals surface area (Å²) >= 11 is 0. The molecular weight excluding hydrogens is 370 g/mol. The van der Waals surface area contributed by atoms with E-state index in [1.165, 1.54) is 0 Å². The quantitative estimate of drug-likeness (QED) is 0.483. The number of carbonyl (C=O) groups is 1. The lowest BCUT2D eigenvalue weighted by Crippen LogP contribution is -2.25. The Labute approximate surface area is 179 Å². The number of hydrogen-bond donors (Lipinski definition) is 2. The molecule has 1 heterocycles. The predicted molar refractivity (Wildman–Crippen MR) is 126 cm³/mol. The van der Waals surface area contributed by atoms with E-state index in [9.17, 15) is 4.79 Å². The molecule has 154 valence electrons. The van der Waals surface area contributed by atoms with E-state index >= 15 is 0 Å². The standard InChI is InChI=1S/C26H29N3O/c1-19(2)14-16-28-26(30)22-11-13-25(20(3)17-22)29-24-9-6-7-21(18-24)10-12-23-8-4-5-15-27-23/h4-13,15,17-19,29H,14,16H2,1-3H3,(H,28,30)/b12-10+. The second-order valence-corrected chi connectivity index (χ2v) is 7.81. The number of rotatable bonds is 8. The Morgan fingerprint density at radius 1 is 1.03 bits per heavy atom. The summed E-state index contributed by atoms with van der Waals surface area (Å²) in [6.45, 7) is 7.02. The summed E-state index contributed by atoms with van der Waals surface area (Å²) in [6, 6.07) is 19.8. The van der Waals surface area contributed by atoms with Gasteiger partial charge in [0.15, 0.2) is 0 Å². The van der Waals surface area contributed by atoms with Crippen LogP contribution in [0.1, 0.15) is 47.4 Å². The zero-order valence-electron chi connectivity index (χ0n) is 17.9. The summed E-state index contributed by atoms with van der Waals surface area (Å²) in [6.07, 6.45) is 6.81. The van der Waals surface area contributed by atoms with Crippen molar-refractivity contribution in [2.45, 2.75) is 27.2 Å². The van der Waals surface area contributed by atoms with Crippen molar-refractivity contribution in [2.75, 3.05) is 11.9 Å². The summed E-state index contributed by atoms with van der Waals surface area (Å²) < 4.78 is 0. The van der Waals surface area contributed by atoms with Crippen molar-refractivity contribution in [1.29, 1.82) is 0 Å². The van der Waals surface area contributed by atoms with Gasteiger partial charge >= 0.3 is 0 Å². The van der Waals surface area contributed by atoms with Crippen LogP contribution in [-0.2, 0) is 0 Å². The van der Waals surface area contributed by atoms with E-state index in [0.29, 0.717) is 18.0 Å². The van der Waals surface area contributed by atoms with E-state index in [0.717, 1.165) is 34.6 Å². The lowest BCUT2D eigenvalue weighted by atomic mass is 10.1. The Hall–Kier alpha value is -3.40. The van der Waals surface area contributed by atoms with Crippen molar-refractivity contribution in [3.05, 3.63) is 89.2 Å². The van der Waals surface area contributed by atoms with Crippen molar-refractivity contribution in [3.8, 4) is 0 Å². The molecule has 0 aliphatic carbocycles. The number of aromatic nitrogens is 1. The second kappa shape index (κ2) is 10.4. The van der Waals surface area contributed by atoms with Gasteiger partial charge in [0.2, 0.25) is 0 Å². The van der Waals surface area contributed by atoms with Gasteiger partial charge in [-0.1, -0.05) is 38.1 Å². The zero-order valence-corrected chi connectivity index (χ0v) is 17.9. The smallest absolute Gasteiger partial charge is 0.251 e. The first kappa shape index (κ1) is 21.3. The normalized spacial score (nSPS) is 11.1. The maximum atomic E-state index is 12.3. The molecule has 0 fully saturated rings. The number of pyridine rings is 1. The third-order valence-electron chi connectivity index (χ3n) is 4.80. The Morgan fingerprint density at radius 2 is 1.90 bits per heavy atom. The maximum Gasteiger partial charge on any atom is 0.251 e. The summed E-state index contributed by atoms with van der Waals surface area (Å²) in [7, 11) is 0. The third-order valence-corrected chi connectivity index (χ3v) is 4.80. The highest BCUT2D eigenvalue weighted by molar-refractivity contribution is 5.95. The van der Waals surface area contributed by atoms with Crippen LogP contribution in [-0.4, -0.2) is 17.4 Å². The van der Waals surface area contributed by atoms with Crippen LogP contribution >= 0.6 is 0 Å². The summed E-state index contributed by atoms with van der Waals surface area (Å²) in [5, 5.41) is 6.44. The van der Waals surface area contributed by atoms with Crippen LogP contribution in [0.25, 0.3) is 12.2 Å². The summed E-state index contributed by atoms with van der Waals surface area (Å²) in [5.74, 6) is 0.556. The second-order valence-electron chi connectivity index (χ2n) is 7.81. The largest absolute Gasteiger partial charge is 0.355 e.